The van der Waals surface area contributed by atoms with Crippen LogP contribution in [-0.2, 0) is 0 Å². The summed E-state index contributed by atoms with van der Waals surface area (Å²) in [4.78, 5) is 4.16. The van der Waals surface area contributed by atoms with Crippen molar-refractivity contribution >= 4 is 5.96 Å². The van der Waals surface area contributed by atoms with Gasteiger partial charge in [-0.05, 0) is 25.2 Å². The van der Waals surface area contributed by atoms with Gasteiger partial charge in [0.25, 0.3) is 0 Å². The Balaban J connectivity index is 2.72. The Kier molecular flexibility index (Phi) is 3.14. The van der Waals surface area contributed by atoms with Gasteiger partial charge in [-0.3, -0.25) is 0 Å². The average Bonchev–Trinajstić information content (AvgIpc) is 2.55. The fourth-order valence-electron chi connectivity index (χ4n) is 2.13. The number of nitrogens with two attached hydrogens (primary N) is 3. The van der Waals surface area contributed by atoms with Gasteiger partial charge in [-0.15, -0.1) is 0 Å². The molecule has 0 aromatic carbocycles. The van der Waals surface area contributed by atoms with Crippen molar-refractivity contribution in [1.82, 2.24) is 0 Å². The van der Waals surface area contributed by atoms with Crippen LogP contribution in [0.2, 0.25) is 0 Å². The molecule has 1 aliphatic carbocycles. The molecule has 0 saturated heterocycles. The molecule has 1 rings (SSSR count). The van der Waals surface area contributed by atoms with Crippen molar-refractivity contribution in [3.05, 3.63) is 0 Å². The van der Waals surface area contributed by atoms with Crippen LogP contribution in [-0.4, -0.2) is 11.6 Å². The first-order valence-corrected chi connectivity index (χ1v) is 4.98. The lowest BCUT2D eigenvalue weighted by molar-refractivity contribution is 0.276. The van der Waals surface area contributed by atoms with Crippen molar-refractivity contribution in [2.24, 2.45) is 28.1 Å². The number of nitrogens with zero attached hydrogens (tertiary/aromatic N) is 1. The molecule has 13 heavy (non-hydrogen) atoms. The van der Waals surface area contributed by atoms with E-state index in [0.29, 0.717) is 5.92 Å². The van der Waals surface area contributed by atoms with Gasteiger partial charge in [0.05, 0.1) is 0 Å². The Labute approximate surface area is 79.6 Å². The van der Waals surface area contributed by atoms with Gasteiger partial charge < -0.3 is 17.2 Å². The Morgan fingerprint density at radius 3 is 2.31 bits per heavy atom. The highest BCUT2D eigenvalue weighted by Gasteiger charge is 2.34. The summed E-state index contributed by atoms with van der Waals surface area (Å²) >= 11 is 0. The van der Waals surface area contributed by atoms with E-state index in [1.165, 1.54) is 12.8 Å². The van der Waals surface area contributed by atoms with Crippen LogP contribution in [0, 0.1) is 5.92 Å². The predicted octanol–water partition coefficient (Wildman–Crippen LogP) is 0.515. The second kappa shape index (κ2) is 3.96. The third kappa shape index (κ3) is 2.34. The first-order valence-electron chi connectivity index (χ1n) is 4.98. The highest BCUT2D eigenvalue weighted by molar-refractivity contribution is 5.76. The molecule has 4 nitrogen and oxygen atoms in total. The molecule has 1 unspecified atom stereocenters. The summed E-state index contributed by atoms with van der Waals surface area (Å²) in [5.74, 6) is 0.566. The quantitative estimate of drug-likeness (QED) is 0.441. The third-order valence-electron chi connectivity index (χ3n) is 2.97. The van der Waals surface area contributed by atoms with Gasteiger partial charge >= 0.3 is 0 Å². The van der Waals surface area contributed by atoms with Crippen molar-refractivity contribution < 1.29 is 0 Å². The van der Waals surface area contributed by atoms with Gasteiger partial charge in [0.1, 0.15) is 5.66 Å². The molecule has 0 heterocycles. The minimum Gasteiger partial charge on any atom is -0.370 e. The van der Waals surface area contributed by atoms with E-state index in [0.717, 1.165) is 19.3 Å². The van der Waals surface area contributed by atoms with Crippen LogP contribution < -0.4 is 17.2 Å². The van der Waals surface area contributed by atoms with Gasteiger partial charge in [-0.25, -0.2) is 4.99 Å². The molecule has 0 aromatic rings. The predicted molar refractivity (Wildman–Crippen MR) is 55.0 cm³/mol. The van der Waals surface area contributed by atoms with Crippen molar-refractivity contribution in [3.63, 3.8) is 0 Å². The number of hydrogen-bond donors (Lipinski definition) is 3. The van der Waals surface area contributed by atoms with Gasteiger partial charge in [0, 0.05) is 0 Å². The van der Waals surface area contributed by atoms with E-state index >= 15 is 0 Å². The topological polar surface area (TPSA) is 90.4 Å². The maximum Gasteiger partial charge on any atom is 0.187 e. The Morgan fingerprint density at radius 2 is 1.92 bits per heavy atom. The summed E-state index contributed by atoms with van der Waals surface area (Å²) in [6, 6.07) is 0. The van der Waals surface area contributed by atoms with E-state index in [2.05, 4.69) is 4.99 Å². The van der Waals surface area contributed by atoms with Crippen LogP contribution in [0.4, 0.5) is 0 Å². The smallest absolute Gasteiger partial charge is 0.187 e. The average molecular weight is 184 g/mol. The Hall–Kier alpha value is -0.770. The van der Waals surface area contributed by atoms with E-state index in [9.17, 15) is 0 Å². The highest BCUT2D eigenvalue weighted by Crippen LogP contribution is 2.35. The van der Waals surface area contributed by atoms with Gasteiger partial charge in [0.2, 0.25) is 0 Å². The van der Waals surface area contributed by atoms with E-state index < -0.39 is 5.66 Å². The van der Waals surface area contributed by atoms with Crippen LogP contribution in [0.15, 0.2) is 4.99 Å². The van der Waals surface area contributed by atoms with Crippen LogP contribution in [0.25, 0.3) is 0 Å². The van der Waals surface area contributed by atoms with E-state index in [1.54, 1.807) is 0 Å². The fourth-order valence-corrected chi connectivity index (χ4v) is 2.13. The molecule has 0 amide bonds. The molecular formula is C9H20N4. The van der Waals surface area contributed by atoms with Crippen molar-refractivity contribution in [2.45, 2.75) is 44.7 Å². The molecular weight excluding hydrogens is 164 g/mol. The lowest BCUT2D eigenvalue weighted by atomic mass is 9.90. The number of rotatable bonds is 3. The van der Waals surface area contributed by atoms with Gasteiger partial charge in [-0.1, -0.05) is 19.8 Å². The Morgan fingerprint density at radius 1 is 1.38 bits per heavy atom. The van der Waals surface area contributed by atoms with Crippen LogP contribution in [0.5, 0.6) is 0 Å². The summed E-state index contributed by atoms with van der Waals surface area (Å²) in [6.45, 7) is 2.03. The minimum atomic E-state index is -0.519. The van der Waals surface area contributed by atoms with Crippen LogP contribution >= 0.6 is 0 Å². The maximum atomic E-state index is 6.16. The summed E-state index contributed by atoms with van der Waals surface area (Å²) in [6.07, 6.45) is 5.62. The lowest BCUT2D eigenvalue weighted by Crippen LogP contribution is -2.46. The third-order valence-corrected chi connectivity index (χ3v) is 2.97. The molecule has 76 valence electrons. The molecule has 0 aliphatic heterocycles. The lowest BCUT2D eigenvalue weighted by Gasteiger charge is -2.30. The first-order chi connectivity index (χ1) is 6.08. The van der Waals surface area contributed by atoms with Crippen molar-refractivity contribution in [3.8, 4) is 0 Å². The molecule has 6 N–H and O–H groups in total. The molecule has 0 spiro atoms. The zero-order valence-electron chi connectivity index (χ0n) is 8.29. The summed E-state index contributed by atoms with van der Waals surface area (Å²) < 4.78 is 0. The zero-order valence-corrected chi connectivity index (χ0v) is 8.29. The van der Waals surface area contributed by atoms with Crippen LogP contribution in [0.1, 0.15) is 39.0 Å². The van der Waals surface area contributed by atoms with E-state index in [1.807, 2.05) is 6.92 Å². The second-order valence-electron chi connectivity index (χ2n) is 3.86. The molecule has 1 atom stereocenters. The molecule has 1 aliphatic rings. The number of hydrogen-bond acceptors (Lipinski definition) is 2. The molecule has 4 heteroatoms. The standard InChI is InChI=1S/C9H20N4/c1-2-9(12,13-8(10)11)7-5-3-4-6-7/h7H,2-6,12H2,1H3,(H4,10,11,13). The maximum absolute atomic E-state index is 6.16. The zero-order chi connectivity index (χ0) is 9.90. The molecule has 0 aromatic heterocycles. The van der Waals surface area contributed by atoms with Gasteiger partial charge in [-0.2, -0.15) is 0 Å². The molecule has 1 saturated carbocycles. The highest BCUT2D eigenvalue weighted by atomic mass is 15.1. The van der Waals surface area contributed by atoms with E-state index in [4.69, 9.17) is 17.2 Å². The van der Waals surface area contributed by atoms with Crippen molar-refractivity contribution in [1.29, 1.82) is 0 Å². The normalized spacial score (nSPS) is 22.6. The van der Waals surface area contributed by atoms with Crippen LogP contribution in [0.3, 0.4) is 0 Å². The van der Waals surface area contributed by atoms with Crippen molar-refractivity contribution in [2.75, 3.05) is 0 Å². The molecule has 0 radical (unpaired) electrons. The largest absolute Gasteiger partial charge is 0.370 e. The fraction of sp³-hybridized carbons (Fsp3) is 0.889. The number of guanidine groups is 1. The number of aliphatic imine (C=N–C) groups is 1. The summed E-state index contributed by atoms with van der Waals surface area (Å²) in [5.41, 5.74) is 16.4. The first kappa shape index (κ1) is 10.3. The monoisotopic (exact) mass is 184 g/mol. The van der Waals surface area contributed by atoms with E-state index in [-0.39, 0.29) is 5.96 Å². The molecule has 1 fully saturated rings. The summed E-state index contributed by atoms with van der Waals surface area (Å²) in [5, 5.41) is 0. The molecule has 0 bridgehead atoms. The summed E-state index contributed by atoms with van der Waals surface area (Å²) in [7, 11) is 0. The SMILES string of the molecule is CCC(N)(N=C(N)N)C1CCCC1. The van der Waals surface area contributed by atoms with Gasteiger partial charge in [0.15, 0.2) is 5.96 Å². The second-order valence-corrected chi connectivity index (χ2v) is 3.86. The Bertz CT molecular complexity index is 192. The minimum absolute atomic E-state index is 0.108.